The summed E-state index contributed by atoms with van der Waals surface area (Å²) in [6.45, 7) is 1.95. The van der Waals surface area contributed by atoms with Gasteiger partial charge in [-0.25, -0.2) is 4.98 Å². The number of hydrogen-bond donors (Lipinski definition) is 1. The van der Waals surface area contributed by atoms with E-state index in [1.165, 1.54) is 6.33 Å². The second-order valence-electron chi connectivity index (χ2n) is 3.93. The van der Waals surface area contributed by atoms with Crippen molar-refractivity contribution in [3.8, 4) is 11.6 Å². The van der Waals surface area contributed by atoms with Crippen molar-refractivity contribution in [1.82, 2.24) is 19.9 Å². The molecule has 0 atom stereocenters. The van der Waals surface area contributed by atoms with Crippen LogP contribution in [0.1, 0.15) is 5.56 Å². The molecule has 0 aliphatic rings. The Kier molecular flexibility index (Phi) is 3.00. The lowest BCUT2D eigenvalue weighted by atomic mass is 10.2. The van der Waals surface area contributed by atoms with E-state index in [9.17, 15) is 0 Å². The van der Waals surface area contributed by atoms with Gasteiger partial charge in [0.05, 0.1) is 11.3 Å². The second-order valence-corrected chi connectivity index (χ2v) is 4.68. The van der Waals surface area contributed by atoms with E-state index in [2.05, 4.69) is 19.9 Å². The molecule has 7 heteroatoms. The number of aryl methyl sites for hydroxylation is 1. The lowest BCUT2D eigenvalue weighted by Crippen LogP contribution is -1.93. The molecule has 0 bridgehead atoms. The molecule has 19 heavy (non-hydrogen) atoms. The van der Waals surface area contributed by atoms with E-state index >= 15 is 0 Å². The minimum absolute atomic E-state index is 0.0674. The minimum Gasteiger partial charge on any atom is -0.435 e. The average molecular weight is 295 g/mol. The first-order chi connectivity index (χ1) is 9.13. The molecule has 0 unspecified atom stereocenters. The monoisotopic (exact) mass is 294 g/mol. The lowest BCUT2D eigenvalue weighted by molar-refractivity contribution is 0.467. The fraction of sp³-hybridized carbons (Fsp3) is 0.0833. The zero-order chi connectivity index (χ0) is 13.4. The number of halogens is 2. The Morgan fingerprint density at radius 3 is 2.84 bits per heavy atom. The Morgan fingerprint density at radius 2 is 2.05 bits per heavy atom. The molecule has 0 amide bonds. The van der Waals surface area contributed by atoms with E-state index < -0.39 is 0 Å². The predicted octanol–water partition coefficient (Wildman–Crippen LogP) is 3.76. The zero-order valence-corrected chi connectivity index (χ0v) is 11.3. The molecular formula is C12H8Cl2N4O. The Bertz CT molecular complexity index is 757. The van der Waals surface area contributed by atoms with Crippen molar-refractivity contribution in [2.45, 2.75) is 6.92 Å². The maximum Gasteiger partial charge on any atom is 0.250 e. The van der Waals surface area contributed by atoms with Gasteiger partial charge in [-0.3, -0.25) is 0 Å². The van der Waals surface area contributed by atoms with Crippen LogP contribution in [-0.2, 0) is 0 Å². The van der Waals surface area contributed by atoms with Crippen LogP contribution in [0.5, 0.6) is 11.6 Å². The van der Waals surface area contributed by atoms with E-state index in [1.54, 1.807) is 6.07 Å². The fourth-order valence-electron chi connectivity index (χ4n) is 1.65. The number of imidazole rings is 1. The first kappa shape index (κ1) is 12.2. The molecule has 96 valence electrons. The molecule has 0 spiro atoms. The van der Waals surface area contributed by atoms with Gasteiger partial charge in [0.1, 0.15) is 11.3 Å². The summed E-state index contributed by atoms with van der Waals surface area (Å²) >= 11 is 11.9. The molecule has 5 nitrogen and oxygen atoms in total. The normalized spacial score (nSPS) is 10.9. The Hall–Kier alpha value is -1.85. The smallest absolute Gasteiger partial charge is 0.250 e. The van der Waals surface area contributed by atoms with Crippen LogP contribution >= 0.6 is 23.2 Å². The first-order valence-corrected chi connectivity index (χ1v) is 6.20. The van der Waals surface area contributed by atoms with Gasteiger partial charge in [0, 0.05) is 0 Å². The average Bonchev–Trinajstić information content (AvgIpc) is 2.80. The quantitative estimate of drug-likeness (QED) is 0.731. The largest absolute Gasteiger partial charge is 0.435 e. The van der Waals surface area contributed by atoms with Crippen LogP contribution in [0.2, 0.25) is 10.3 Å². The van der Waals surface area contributed by atoms with Gasteiger partial charge in [0.15, 0.2) is 5.65 Å². The van der Waals surface area contributed by atoms with Crippen LogP contribution in [0.3, 0.4) is 0 Å². The summed E-state index contributed by atoms with van der Waals surface area (Å²) in [6.07, 6.45) is 1.50. The third-order valence-electron chi connectivity index (χ3n) is 2.52. The molecule has 0 saturated heterocycles. The summed E-state index contributed by atoms with van der Waals surface area (Å²) in [5, 5.41) is 0.570. The van der Waals surface area contributed by atoms with Crippen molar-refractivity contribution in [2.24, 2.45) is 0 Å². The van der Waals surface area contributed by atoms with E-state index in [1.807, 2.05) is 19.1 Å². The third kappa shape index (κ3) is 2.34. The van der Waals surface area contributed by atoms with Crippen molar-refractivity contribution in [3.63, 3.8) is 0 Å². The van der Waals surface area contributed by atoms with Crippen molar-refractivity contribution in [2.75, 3.05) is 0 Å². The number of fused-ring (bicyclic) bond motifs is 1. The van der Waals surface area contributed by atoms with E-state index in [4.69, 9.17) is 27.9 Å². The van der Waals surface area contributed by atoms with E-state index in [0.717, 1.165) is 5.56 Å². The number of rotatable bonds is 2. The third-order valence-corrected chi connectivity index (χ3v) is 2.98. The number of H-pyrrole nitrogens is 1. The maximum absolute atomic E-state index is 6.12. The number of nitrogens with one attached hydrogen (secondary N) is 1. The van der Waals surface area contributed by atoms with Gasteiger partial charge >= 0.3 is 0 Å². The minimum atomic E-state index is 0.0674. The van der Waals surface area contributed by atoms with Gasteiger partial charge in [-0.1, -0.05) is 17.7 Å². The van der Waals surface area contributed by atoms with Crippen LogP contribution in [0, 0.1) is 6.92 Å². The van der Waals surface area contributed by atoms with Crippen LogP contribution in [0.4, 0.5) is 0 Å². The van der Waals surface area contributed by atoms with Crippen LogP contribution in [-0.4, -0.2) is 19.9 Å². The number of hydrogen-bond acceptors (Lipinski definition) is 4. The molecule has 0 aliphatic carbocycles. The summed E-state index contributed by atoms with van der Waals surface area (Å²) in [4.78, 5) is 14.9. The highest BCUT2D eigenvalue weighted by atomic mass is 35.5. The molecule has 0 fully saturated rings. The Labute approximate surface area is 118 Å². The molecule has 0 radical (unpaired) electrons. The predicted molar refractivity (Wildman–Crippen MR) is 73.0 cm³/mol. The molecule has 2 heterocycles. The molecule has 1 N–H and O–H groups in total. The van der Waals surface area contributed by atoms with Crippen LogP contribution < -0.4 is 4.74 Å². The summed E-state index contributed by atoms with van der Waals surface area (Å²) in [6, 6.07) is 5.48. The standard InChI is InChI=1S/C12H8Cl2N4O/c1-6-2-3-8(7(13)4-6)19-11-9-10(16-5-15-9)17-12(14)18-11/h2-5H,1H3,(H,15,16,17,18). The Balaban J connectivity index is 2.07. The van der Waals surface area contributed by atoms with Crippen molar-refractivity contribution < 1.29 is 4.74 Å². The van der Waals surface area contributed by atoms with Crippen molar-refractivity contribution in [3.05, 3.63) is 40.4 Å². The highest BCUT2D eigenvalue weighted by molar-refractivity contribution is 6.32. The number of aromatic amines is 1. The molecule has 3 aromatic rings. The number of nitrogens with zero attached hydrogens (tertiary/aromatic N) is 3. The van der Waals surface area contributed by atoms with E-state index in [-0.39, 0.29) is 5.28 Å². The van der Waals surface area contributed by atoms with Crippen LogP contribution in [0.15, 0.2) is 24.5 Å². The number of aromatic nitrogens is 4. The van der Waals surface area contributed by atoms with Gasteiger partial charge in [0.2, 0.25) is 11.2 Å². The van der Waals surface area contributed by atoms with Gasteiger partial charge in [-0.05, 0) is 36.2 Å². The highest BCUT2D eigenvalue weighted by Gasteiger charge is 2.12. The molecule has 1 aromatic carbocycles. The fourth-order valence-corrected chi connectivity index (χ4v) is 2.08. The molecule has 3 rings (SSSR count). The Morgan fingerprint density at radius 1 is 1.21 bits per heavy atom. The zero-order valence-electron chi connectivity index (χ0n) is 9.82. The topological polar surface area (TPSA) is 63.7 Å². The van der Waals surface area contributed by atoms with Gasteiger partial charge in [-0.2, -0.15) is 9.97 Å². The summed E-state index contributed by atoms with van der Waals surface area (Å²) in [5.74, 6) is 0.788. The van der Waals surface area contributed by atoms with Gasteiger partial charge in [0.25, 0.3) is 0 Å². The maximum atomic E-state index is 6.12. The van der Waals surface area contributed by atoms with Crippen LogP contribution in [0.25, 0.3) is 11.2 Å². The molecule has 2 aromatic heterocycles. The second kappa shape index (κ2) is 4.68. The molecule has 0 aliphatic heterocycles. The SMILES string of the molecule is Cc1ccc(Oc2nc(Cl)nc3nc[nH]c23)c(Cl)c1. The van der Waals surface area contributed by atoms with Crippen molar-refractivity contribution >= 4 is 34.4 Å². The highest BCUT2D eigenvalue weighted by Crippen LogP contribution is 2.32. The first-order valence-electron chi connectivity index (χ1n) is 5.44. The molecular weight excluding hydrogens is 287 g/mol. The van der Waals surface area contributed by atoms with Crippen molar-refractivity contribution in [1.29, 1.82) is 0 Å². The van der Waals surface area contributed by atoms with Gasteiger partial charge < -0.3 is 9.72 Å². The van der Waals surface area contributed by atoms with E-state index in [0.29, 0.717) is 27.8 Å². The molecule has 0 saturated carbocycles. The van der Waals surface area contributed by atoms with Gasteiger partial charge in [-0.15, -0.1) is 0 Å². The summed E-state index contributed by atoms with van der Waals surface area (Å²) in [7, 11) is 0. The number of benzene rings is 1. The lowest BCUT2D eigenvalue weighted by Gasteiger charge is -2.07. The summed E-state index contributed by atoms with van der Waals surface area (Å²) < 4.78 is 5.68. The number of ether oxygens (including phenoxy) is 1. The summed E-state index contributed by atoms with van der Waals surface area (Å²) in [5.41, 5.74) is 2.06.